The normalized spacial score (nSPS) is 21.4. The first-order chi connectivity index (χ1) is 9.72. The van der Waals surface area contributed by atoms with Gasteiger partial charge in [0.2, 0.25) is 0 Å². The lowest BCUT2D eigenvalue weighted by molar-refractivity contribution is 0.236. The van der Waals surface area contributed by atoms with Crippen LogP contribution in [0.15, 0.2) is 30.3 Å². The Morgan fingerprint density at radius 1 is 1.05 bits per heavy atom. The molecule has 1 nitrogen and oxygen atoms in total. The van der Waals surface area contributed by atoms with Gasteiger partial charge in [-0.25, -0.2) is 0 Å². The fourth-order valence-electron chi connectivity index (χ4n) is 3.43. The molecule has 3 atom stereocenters. The first kappa shape index (κ1) is 15.6. The summed E-state index contributed by atoms with van der Waals surface area (Å²) in [5.41, 5.74) is 1.48. The van der Waals surface area contributed by atoms with E-state index in [0.29, 0.717) is 12.1 Å². The second-order valence-electron chi connectivity index (χ2n) is 6.63. The molecule has 20 heavy (non-hydrogen) atoms. The van der Waals surface area contributed by atoms with Crippen LogP contribution in [0.2, 0.25) is 0 Å². The zero-order valence-electron chi connectivity index (χ0n) is 13.4. The van der Waals surface area contributed by atoms with Gasteiger partial charge in [0.05, 0.1) is 0 Å². The summed E-state index contributed by atoms with van der Waals surface area (Å²) in [5, 5.41) is 3.95. The topological polar surface area (TPSA) is 12.0 Å². The van der Waals surface area contributed by atoms with Crippen molar-refractivity contribution in [1.29, 1.82) is 0 Å². The minimum Gasteiger partial charge on any atom is -0.307 e. The molecule has 1 heteroatoms. The van der Waals surface area contributed by atoms with Crippen LogP contribution in [0.5, 0.6) is 0 Å². The highest BCUT2D eigenvalue weighted by molar-refractivity contribution is 5.20. The summed E-state index contributed by atoms with van der Waals surface area (Å²) in [7, 11) is 0. The van der Waals surface area contributed by atoms with Gasteiger partial charge in [-0.2, -0.15) is 0 Å². The van der Waals surface area contributed by atoms with Crippen LogP contribution in [0, 0.1) is 11.8 Å². The van der Waals surface area contributed by atoms with E-state index in [9.17, 15) is 0 Å². The van der Waals surface area contributed by atoms with Crippen LogP contribution >= 0.6 is 0 Å². The highest BCUT2D eigenvalue weighted by Crippen LogP contribution is 2.35. The predicted molar refractivity (Wildman–Crippen MR) is 87.8 cm³/mol. The summed E-state index contributed by atoms with van der Waals surface area (Å²) in [6.07, 6.45) is 8.28. The van der Waals surface area contributed by atoms with Crippen molar-refractivity contribution in [2.45, 2.75) is 71.4 Å². The molecule has 0 aromatic heterocycles. The molecule has 0 spiro atoms. The standard InChI is InChI=1S/C19H31N/c1-4-15(2)16(3)20-19(17-11-7-5-8-12-17)18-13-9-6-10-14-18/h5,7-8,11-12,15-16,18-20H,4,6,9-10,13-14H2,1-3H3. The summed E-state index contributed by atoms with van der Waals surface area (Å²) in [6, 6.07) is 12.2. The van der Waals surface area contributed by atoms with E-state index < -0.39 is 0 Å². The Kier molecular flexibility index (Phi) is 6.09. The molecule has 112 valence electrons. The highest BCUT2D eigenvalue weighted by atomic mass is 15.0. The fraction of sp³-hybridized carbons (Fsp3) is 0.684. The van der Waals surface area contributed by atoms with Gasteiger partial charge in [-0.15, -0.1) is 0 Å². The van der Waals surface area contributed by atoms with E-state index in [1.54, 1.807) is 0 Å². The molecule has 0 aliphatic heterocycles. The van der Waals surface area contributed by atoms with Crippen molar-refractivity contribution in [3.8, 4) is 0 Å². The average molecular weight is 273 g/mol. The first-order valence-electron chi connectivity index (χ1n) is 8.53. The Bertz CT molecular complexity index is 367. The van der Waals surface area contributed by atoms with Gasteiger partial charge in [0.25, 0.3) is 0 Å². The molecule has 0 radical (unpaired) electrons. The molecule has 1 aromatic carbocycles. The van der Waals surface area contributed by atoms with E-state index in [0.717, 1.165) is 11.8 Å². The molecule has 0 heterocycles. The average Bonchev–Trinajstić information content (AvgIpc) is 2.53. The van der Waals surface area contributed by atoms with Crippen LogP contribution in [0.4, 0.5) is 0 Å². The molecule has 1 saturated carbocycles. The van der Waals surface area contributed by atoms with E-state index in [-0.39, 0.29) is 0 Å². The Morgan fingerprint density at radius 2 is 1.70 bits per heavy atom. The predicted octanol–water partition coefficient (Wildman–Crippen LogP) is 5.33. The molecule has 1 aromatic rings. The number of hydrogen-bond acceptors (Lipinski definition) is 1. The third-order valence-electron chi connectivity index (χ3n) is 5.22. The van der Waals surface area contributed by atoms with Gasteiger partial charge in [-0.1, -0.05) is 69.9 Å². The van der Waals surface area contributed by atoms with E-state index in [2.05, 4.69) is 56.4 Å². The van der Waals surface area contributed by atoms with Gasteiger partial charge < -0.3 is 5.32 Å². The summed E-state index contributed by atoms with van der Waals surface area (Å²) < 4.78 is 0. The summed E-state index contributed by atoms with van der Waals surface area (Å²) in [5.74, 6) is 1.56. The minimum atomic E-state index is 0.542. The molecular weight excluding hydrogens is 242 g/mol. The number of benzene rings is 1. The molecule has 3 unspecified atom stereocenters. The Balaban J connectivity index is 2.11. The van der Waals surface area contributed by atoms with Gasteiger partial charge in [0.1, 0.15) is 0 Å². The second-order valence-corrected chi connectivity index (χ2v) is 6.63. The van der Waals surface area contributed by atoms with Gasteiger partial charge in [0, 0.05) is 12.1 Å². The van der Waals surface area contributed by atoms with E-state index in [1.165, 1.54) is 44.1 Å². The molecule has 1 aliphatic carbocycles. The monoisotopic (exact) mass is 273 g/mol. The zero-order valence-corrected chi connectivity index (χ0v) is 13.4. The van der Waals surface area contributed by atoms with Crippen LogP contribution < -0.4 is 5.32 Å². The van der Waals surface area contributed by atoms with Crippen molar-refractivity contribution < 1.29 is 0 Å². The van der Waals surface area contributed by atoms with Crippen LogP contribution in [0.25, 0.3) is 0 Å². The van der Waals surface area contributed by atoms with Gasteiger partial charge in [0.15, 0.2) is 0 Å². The van der Waals surface area contributed by atoms with Gasteiger partial charge in [-0.05, 0) is 37.2 Å². The van der Waals surface area contributed by atoms with Crippen LogP contribution in [-0.4, -0.2) is 6.04 Å². The van der Waals surface area contributed by atoms with Gasteiger partial charge >= 0.3 is 0 Å². The molecule has 1 aliphatic rings. The quantitative estimate of drug-likeness (QED) is 0.738. The van der Waals surface area contributed by atoms with Crippen molar-refractivity contribution in [3.63, 3.8) is 0 Å². The van der Waals surface area contributed by atoms with E-state index in [4.69, 9.17) is 0 Å². The van der Waals surface area contributed by atoms with Crippen molar-refractivity contribution in [1.82, 2.24) is 5.32 Å². The maximum Gasteiger partial charge on any atom is 0.0351 e. The Morgan fingerprint density at radius 3 is 2.30 bits per heavy atom. The molecule has 1 N–H and O–H groups in total. The molecule has 1 fully saturated rings. The van der Waals surface area contributed by atoms with Gasteiger partial charge in [-0.3, -0.25) is 0 Å². The first-order valence-corrected chi connectivity index (χ1v) is 8.53. The lowest BCUT2D eigenvalue weighted by Crippen LogP contribution is -2.39. The maximum absolute atomic E-state index is 3.95. The lowest BCUT2D eigenvalue weighted by atomic mass is 9.80. The van der Waals surface area contributed by atoms with Crippen molar-refractivity contribution in [2.24, 2.45) is 11.8 Å². The summed E-state index contributed by atoms with van der Waals surface area (Å²) >= 11 is 0. The Labute approximate surface area is 125 Å². The third kappa shape index (κ3) is 4.09. The van der Waals surface area contributed by atoms with Crippen LogP contribution in [-0.2, 0) is 0 Å². The molecular formula is C19H31N. The van der Waals surface area contributed by atoms with E-state index in [1.807, 2.05) is 0 Å². The minimum absolute atomic E-state index is 0.542. The number of rotatable bonds is 6. The SMILES string of the molecule is CCC(C)C(C)NC(c1ccccc1)C1CCCCC1. The summed E-state index contributed by atoms with van der Waals surface area (Å²) in [4.78, 5) is 0. The second kappa shape index (κ2) is 7.83. The highest BCUT2D eigenvalue weighted by Gasteiger charge is 2.26. The molecule has 0 bridgehead atoms. The lowest BCUT2D eigenvalue weighted by Gasteiger charge is -2.35. The summed E-state index contributed by atoms with van der Waals surface area (Å²) in [6.45, 7) is 7.01. The zero-order chi connectivity index (χ0) is 14.4. The Hall–Kier alpha value is -0.820. The maximum atomic E-state index is 3.95. The molecule has 0 amide bonds. The van der Waals surface area contributed by atoms with Crippen molar-refractivity contribution in [3.05, 3.63) is 35.9 Å². The van der Waals surface area contributed by atoms with Crippen molar-refractivity contribution in [2.75, 3.05) is 0 Å². The smallest absolute Gasteiger partial charge is 0.0351 e. The number of nitrogens with one attached hydrogen (secondary N) is 1. The van der Waals surface area contributed by atoms with Crippen LogP contribution in [0.1, 0.15) is 70.9 Å². The third-order valence-corrected chi connectivity index (χ3v) is 5.22. The van der Waals surface area contributed by atoms with E-state index >= 15 is 0 Å². The van der Waals surface area contributed by atoms with Crippen molar-refractivity contribution >= 4 is 0 Å². The van der Waals surface area contributed by atoms with Crippen LogP contribution in [0.3, 0.4) is 0 Å². The largest absolute Gasteiger partial charge is 0.307 e. The fourth-order valence-corrected chi connectivity index (χ4v) is 3.43. The molecule has 2 rings (SSSR count). The molecule has 0 saturated heterocycles. The number of hydrogen-bond donors (Lipinski definition) is 1.